The monoisotopic (exact) mass is 892 g/mol. The molecule has 2 nitrogen and oxygen atoms in total. The standard InChI is InChI=1S/C68H48N2/c1-3-4-8-21-48(2)49-34-39-56(40-35-49)69(54-24-11-6-12-25-54)58-44-53(45-59(47-58)70(55-26-13-7-14-27-55)57-41-36-51(37-42-57)50-22-9-5-10-23-50)52-38-43-67-63(46-52)62-30-17-20-33-66(62)68(67)64-31-18-15-28-60(64)61-29-16-19-32-65(61)68/h1,4-47H,2H3/b8-4-,48-21+. The Morgan fingerprint density at radius 2 is 0.786 bits per heavy atom. The minimum absolute atomic E-state index is 0.415. The molecule has 0 atom stereocenters. The quantitative estimate of drug-likeness (QED) is 0.0997. The van der Waals surface area contributed by atoms with E-state index in [2.05, 4.69) is 277 Å². The van der Waals surface area contributed by atoms with E-state index < -0.39 is 5.41 Å². The van der Waals surface area contributed by atoms with Crippen LogP contribution in [0.2, 0.25) is 0 Å². The second kappa shape index (κ2) is 17.8. The maximum absolute atomic E-state index is 5.51. The lowest BCUT2D eigenvalue weighted by atomic mass is 9.70. The van der Waals surface area contributed by atoms with Crippen molar-refractivity contribution >= 4 is 39.7 Å². The van der Waals surface area contributed by atoms with Crippen LogP contribution in [0.1, 0.15) is 34.7 Å². The largest absolute Gasteiger partial charge is 0.310 e. The average molecular weight is 893 g/mol. The minimum Gasteiger partial charge on any atom is -0.310 e. The summed E-state index contributed by atoms with van der Waals surface area (Å²) in [6.45, 7) is 2.12. The Bertz CT molecular complexity index is 3610. The fraction of sp³-hybridized carbons (Fsp3) is 0.0294. The zero-order valence-electron chi connectivity index (χ0n) is 38.9. The van der Waals surface area contributed by atoms with Crippen LogP contribution in [-0.2, 0) is 5.41 Å². The van der Waals surface area contributed by atoms with Gasteiger partial charge in [0.25, 0.3) is 0 Å². The fourth-order valence-electron chi connectivity index (χ4n) is 11.0. The van der Waals surface area contributed by atoms with Crippen LogP contribution in [0.15, 0.2) is 267 Å². The Hall–Kier alpha value is -9.16. The van der Waals surface area contributed by atoms with Crippen LogP contribution >= 0.6 is 0 Å². The smallest absolute Gasteiger partial charge is 0.0725 e. The minimum atomic E-state index is -0.415. The first-order valence-corrected chi connectivity index (χ1v) is 24.0. The summed E-state index contributed by atoms with van der Waals surface area (Å²) in [4.78, 5) is 4.76. The predicted octanol–water partition coefficient (Wildman–Crippen LogP) is 17.9. The van der Waals surface area contributed by atoms with Gasteiger partial charge in [0, 0.05) is 34.1 Å². The molecular formula is C68H48N2. The Kier molecular flexibility index (Phi) is 10.7. The molecule has 1 spiro atoms. The highest BCUT2D eigenvalue weighted by Gasteiger charge is 2.51. The van der Waals surface area contributed by atoms with E-state index in [1.807, 2.05) is 6.08 Å². The summed E-state index contributed by atoms with van der Waals surface area (Å²) in [6, 6.07) is 91.1. The van der Waals surface area contributed by atoms with Gasteiger partial charge in [-0.2, -0.15) is 0 Å². The van der Waals surface area contributed by atoms with Crippen LogP contribution < -0.4 is 9.80 Å². The molecule has 0 N–H and O–H groups in total. The molecule has 0 aliphatic heterocycles. The average Bonchev–Trinajstić information content (AvgIpc) is 3.89. The fourth-order valence-corrected chi connectivity index (χ4v) is 11.0. The zero-order valence-corrected chi connectivity index (χ0v) is 38.9. The lowest BCUT2D eigenvalue weighted by molar-refractivity contribution is 0.794. The SMILES string of the molecule is C#C/C=C\C=C(/C)c1ccc(N(c2ccccc2)c2cc(-c3ccc4c(c3)-c3ccccc3C43c4ccccc4-c4ccccc43)cc(N(c3ccccc3)c3ccc(-c4ccccc4)cc3)c2)cc1. The van der Waals surface area contributed by atoms with E-state index in [0.29, 0.717) is 0 Å². The van der Waals surface area contributed by atoms with Gasteiger partial charge >= 0.3 is 0 Å². The van der Waals surface area contributed by atoms with Gasteiger partial charge in [-0.25, -0.2) is 0 Å². The van der Waals surface area contributed by atoms with E-state index in [1.165, 1.54) is 55.6 Å². The van der Waals surface area contributed by atoms with Crippen molar-refractivity contribution in [3.63, 3.8) is 0 Å². The number of allylic oxidation sites excluding steroid dienone is 4. The number of para-hydroxylation sites is 2. The molecular weight excluding hydrogens is 845 g/mol. The second-order valence-electron chi connectivity index (χ2n) is 18.1. The lowest BCUT2D eigenvalue weighted by Crippen LogP contribution is -2.25. The molecule has 10 aromatic rings. The Morgan fingerprint density at radius 1 is 0.371 bits per heavy atom. The molecule has 10 aromatic carbocycles. The van der Waals surface area contributed by atoms with E-state index in [4.69, 9.17) is 6.42 Å². The van der Waals surface area contributed by atoms with Crippen molar-refractivity contribution < 1.29 is 0 Å². The Balaban J connectivity index is 1.08. The lowest BCUT2D eigenvalue weighted by Gasteiger charge is -2.31. The van der Waals surface area contributed by atoms with Crippen LogP contribution in [0.4, 0.5) is 34.1 Å². The molecule has 0 saturated heterocycles. The van der Waals surface area contributed by atoms with Crippen LogP contribution in [0.25, 0.3) is 50.1 Å². The molecule has 0 heterocycles. The summed E-state index contributed by atoms with van der Waals surface area (Å²) in [7, 11) is 0. The number of terminal acetylenes is 1. The van der Waals surface area contributed by atoms with Gasteiger partial charge in [-0.15, -0.1) is 6.42 Å². The first kappa shape index (κ1) is 42.2. The number of hydrogen-bond donors (Lipinski definition) is 0. The summed E-state index contributed by atoms with van der Waals surface area (Å²) in [5, 5.41) is 0. The van der Waals surface area contributed by atoms with E-state index in [1.54, 1.807) is 6.08 Å². The molecule has 12 rings (SSSR count). The first-order chi connectivity index (χ1) is 34.6. The van der Waals surface area contributed by atoms with E-state index >= 15 is 0 Å². The highest BCUT2D eigenvalue weighted by Crippen LogP contribution is 2.63. The summed E-state index contributed by atoms with van der Waals surface area (Å²) < 4.78 is 0. The molecule has 330 valence electrons. The van der Waals surface area contributed by atoms with Crippen molar-refractivity contribution in [3.05, 3.63) is 295 Å². The van der Waals surface area contributed by atoms with E-state index in [9.17, 15) is 0 Å². The highest BCUT2D eigenvalue weighted by molar-refractivity contribution is 5.97. The summed E-state index contributed by atoms with van der Waals surface area (Å²) in [6.07, 6.45) is 11.2. The first-order valence-electron chi connectivity index (χ1n) is 24.0. The van der Waals surface area contributed by atoms with Gasteiger partial charge in [-0.1, -0.05) is 194 Å². The van der Waals surface area contributed by atoms with Crippen LogP contribution in [-0.4, -0.2) is 0 Å². The summed E-state index contributed by atoms with van der Waals surface area (Å²) >= 11 is 0. The number of hydrogen-bond acceptors (Lipinski definition) is 2. The third-order valence-electron chi connectivity index (χ3n) is 14.1. The molecule has 0 aromatic heterocycles. The molecule has 70 heavy (non-hydrogen) atoms. The number of rotatable bonds is 10. The molecule has 0 radical (unpaired) electrons. The van der Waals surface area contributed by atoms with Crippen molar-refractivity contribution in [2.45, 2.75) is 12.3 Å². The molecule has 2 aliphatic rings. The number of benzene rings is 10. The van der Waals surface area contributed by atoms with Gasteiger partial charge in [0.05, 0.1) is 5.41 Å². The molecule has 0 fully saturated rings. The van der Waals surface area contributed by atoms with Crippen molar-refractivity contribution in [3.8, 4) is 56.9 Å². The molecule has 0 saturated carbocycles. The molecule has 2 heteroatoms. The van der Waals surface area contributed by atoms with E-state index in [-0.39, 0.29) is 0 Å². The van der Waals surface area contributed by atoms with Crippen molar-refractivity contribution in [1.82, 2.24) is 0 Å². The molecule has 0 unspecified atom stereocenters. The van der Waals surface area contributed by atoms with Gasteiger partial charge in [-0.3, -0.25) is 0 Å². The Morgan fingerprint density at radius 3 is 1.31 bits per heavy atom. The van der Waals surface area contributed by atoms with Gasteiger partial charge in [0.15, 0.2) is 0 Å². The van der Waals surface area contributed by atoms with Crippen LogP contribution in [0, 0.1) is 12.3 Å². The topological polar surface area (TPSA) is 6.48 Å². The third kappa shape index (κ3) is 7.16. The maximum Gasteiger partial charge on any atom is 0.0725 e. The van der Waals surface area contributed by atoms with Gasteiger partial charge in [-0.05, 0) is 164 Å². The van der Waals surface area contributed by atoms with Crippen molar-refractivity contribution in [2.75, 3.05) is 9.80 Å². The highest BCUT2D eigenvalue weighted by atomic mass is 15.2. The normalized spacial score (nSPS) is 12.8. The van der Waals surface area contributed by atoms with Gasteiger partial charge < -0.3 is 9.80 Å². The zero-order chi connectivity index (χ0) is 47.0. The predicted molar refractivity (Wildman–Crippen MR) is 295 cm³/mol. The maximum atomic E-state index is 5.51. The summed E-state index contributed by atoms with van der Waals surface area (Å²) in [5.41, 5.74) is 23.3. The van der Waals surface area contributed by atoms with Crippen LogP contribution in [0.5, 0.6) is 0 Å². The number of anilines is 6. The Labute approximate surface area is 411 Å². The molecule has 0 amide bonds. The van der Waals surface area contributed by atoms with Gasteiger partial charge in [0.1, 0.15) is 0 Å². The second-order valence-corrected chi connectivity index (χ2v) is 18.1. The van der Waals surface area contributed by atoms with Crippen molar-refractivity contribution in [2.24, 2.45) is 0 Å². The number of fused-ring (bicyclic) bond motifs is 10. The molecule has 0 bridgehead atoms. The van der Waals surface area contributed by atoms with Gasteiger partial charge in [0.2, 0.25) is 0 Å². The third-order valence-corrected chi connectivity index (χ3v) is 14.1. The van der Waals surface area contributed by atoms with E-state index in [0.717, 1.165) is 56.4 Å². The van der Waals surface area contributed by atoms with Crippen LogP contribution in [0.3, 0.4) is 0 Å². The number of nitrogens with zero attached hydrogens (tertiary/aromatic N) is 2. The summed E-state index contributed by atoms with van der Waals surface area (Å²) in [5.74, 6) is 2.59. The molecule has 2 aliphatic carbocycles. The van der Waals surface area contributed by atoms with Crippen molar-refractivity contribution in [1.29, 1.82) is 0 Å².